The third-order valence-electron chi connectivity index (χ3n) is 4.09. The van der Waals surface area contributed by atoms with Crippen molar-refractivity contribution in [1.29, 1.82) is 0 Å². The van der Waals surface area contributed by atoms with Crippen LogP contribution in [0, 0.1) is 0 Å². The van der Waals surface area contributed by atoms with E-state index in [9.17, 15) is 9.59 Å². The monoisotopic (exact) mass is 387 g/mol. The molecule has 0 N–H and O–H groups in total. The quantitative estimate of drug-likeness (QED) is 0.795. The molecule has 0 bridgehead atoms. The van der Waals surface area contributed by atoms with Crippen LogP contribution in [0.3, 0.4) is 0 Å². The molecule has 124 valence electrons. The van der Waals surface area contributed by atoms with Crippen LogP contribution in [0.4, 0.5) is 0 Å². The van der Waals surface area contributed by atoms with E-state index in [2.05, 4.69) is 20.9 Å². The Bertz CT molecular complexity index is 719. The van der Waals surface area contributed by atoms with Crippen LogP contribution in [0.1, 0.15) is 27.1 Å². The second-order valence-corrected chi connectivity index (χ2v) is 6.60. The Morgan fingerprint density at radius 2 is 1.29 bits per heavy atom. The third kappa shape index (κ3) is 3.82. The van der Waals surface area contributed by atoms with E-state index in [-0.39, 0.29) is 11.8 Å². The molecular formula is C18H18BrN3O2. The van der Waals surface area contributed by atoms with Crippen molar-refractivity contribution in [2.24, 2.45) is 0 Å². The molecule has 3 rings (SSSR count). The van der Waals surface area contributed by atoms with E-state index in [1.165, 1.54) is 0 Å². The summed E-state index contributed by atoms with van der Waals surface area (Å²) >= 11 is 3.38. The fourth-order valence-electron chi connectivity index (χ4n) is 2.78. The van der Waals surface area contributed by atoms with Crippen molar-refractivity contribution < 1.29 is 9.59 Å². The number of pyridine rings is 1. The second kappa shape index (κ2) is 7.57. The average Bonchev–Trinajstić information content (AvgIpc) is 2.88. The molecule has 6 heteroatoms. The zero-order valence-corrected chi connectivity index (χ0v) is 14.8. The maximum atomic E-state index is 12.6. The van der Waals surface area contributed by atoms with Crippen LogP contribution in [0.25, 0.3) is 0 Å². The molecule has 2 heterocycles. The minimum Gasteiger partial charge on any atom is -0.337 e. The van der Waals surface area contributed by atoms with Gasteiger partial charge in [0, 0.05) is 54.2 Å². The predicted molar refractivity (Wildman–Crippen MR) is 94.8 cm³/mol. The lowest BCUT2D eigenvalue weighted by Crippen LogP contribution is -2.37. The molecule has 0 spiro atoms. The van der Waals surface area contributed by atoms with Gasteiger partial charge in [-0.3, -0.25) is 14.6 Å². The largest absolute Gasteiger partial charge is 0.337 e. The summed E-state index contributed by atoms with van der Waals surface area (Å²) < 4.78 is 0.948. The molecule has 0 atom stereocenters. The fourth-order valence-corrected chi connectivity index (χ4v) is 3.04. The van der Waals surface area contributed by atoms with Crippen LogP contribution in [0.5, 0.6) is 0 Å². The first-order chi connectivity index (χ1) is 11.6. The van der Waals surface area contributed by atoms with Gasteiger partial charge in [-0.15, -0.1) is 0 Å². The first-order valence-electron chi connectivity index (χ1n) is 7.89. The molecule has 0 unspecified atom stereocenters. The number of benzene rings is 1. The highest BCUT2D eigenvalue weighted by Crippen LogP contribution is 2.14. The summed E-state index contributed by atoms with van der Waals surface area (Å²) in [5.41, 5.74) is 1.31. The van der Waals surface area contributed by atoms with Crippen molar-refractivity contribution in [3.8, 4) is 0 Å². The number of hydrogen-bond acceptors (Lipinski definition) is 3. The van der Waals surface area contributed by atoms with Gasteiger partial charge in [0.25, 0.3) is 11.8 Å². The number of hydrogen-bond donors (Lipinski definition) is 0. The first kappa shape index (κ1) is 16.6. The summed E-state index contributed by atoms with van der Waals surface area (Å²) in [5, 5.41) is 0. The molecule has 2 amide bonds. The summed E-state index contributed by atoms with van der Waals surface area (Å²) in [6, 6.07) is 10.8. The van der Waals surface area contributed by atoms with E-state index < -0.39 is 0 Å². The van der Waals surface area contributed by atoms with Gasteiger partial charge in [-0.25, -0.2) is 0 Å². The van der Waals surface area contributed by atoms with E-state index >= 15 is 0 Å². The van der Waals surface area contributed by atoms with Gasteiger partial charge in [-0.05, 0) is 42.8 Å². The maximum absolute atomic E-state index is 12.6. The molecule has 5 nitrogen and oxygen atoms in total. The number of nitrogens with zero attached hydrogens (tertiary/aromatic N) is 3. The highest BCUT2D eigenvalue weighted by Gasteiger charge is 2.23. The Morgan fingerprint density at radius 1 is 0.792 bits per heavy atom. The maximum Gasteiger partial charge on any atom is 0.254 e. The topological polar surface area (TPSA) is 53.5 Å². The van der Waals surface area contributed by atoms with Crippen molar-refractivity contribution in [2.45, 2.75) is 6.42 Å². The Balaban J connectivity index is 1.65. The van der Waals surface area contributed by atoms with Crippen LogP contribution in [-0.4, -0.2) is 52.8 Å². The van der Waals surface area contributed by atoms with Gasteiger partial charge in [-0.2, -0.15) is 0 Å². The van der Waals surface area contributed by atoms with Crippen molar-refractivity contribution in [2.75, 3.05) is 26.2 Å². The SMILES string of the molecule is O=C(c1ccncc1)N1CCCN(C(=O)c2ccc(Br)cc2)CC1. The predicted octanol–water partition coefficient (Wildman–Crippen LogP) is 2.83. The Kier molecular flexibility index (Phi) is 5.25. The summed E-state index contributed by atoms with van der Waals surface area (Å²) in [7, 11) is 0. The average molecular weight is 388 g/mol. The summed E-state index contributed by atoms with van der Waals surface area (Å²) in [4.78, 5) is 32.7. The van der Waals surface area contributed by atoms with Crippen molar-refractivity contribution in [3.05, 3.63) is 64.4 Å². The smallest absolute Gasteiger partial charge is 0.254 e. The number of halogens is 1. The van der Waals surface area contributed by atoms with E-state index in [0.717, 1.165) is 10.9 Å². The fraction of sp³-hybridized carbons (Fsp3) is 0.278. The molecule has 0 aliphatic carbocycles. The van der Waals surface area contributed by atoms with Crippen LogP contribution in [-0.2, 0) is 0 Å². The Labute approximate surface area is 149 Å². The van der Waals surface area contributed by atoms with Crippen LogP contribution >= 0.6 is 15.9 Å². The molecule has 1 aromatic heterocycles. The van der Waals surface area contributed by atoms with Gasteiger partial charge in [-0.1, -0.05) is 15.9 Å². The highest BCUT2D eigenvalue weighted by atomic mass is 79.9. The summed E-state index contributed by atoms with van der Waals surface area (Å²) in [5.74, 6) is 0.0102. The number of aromatic nitrogens is 1. The molecule has 1 saturated heterocycles. The normalized spacial score (nSPS) is 15.0. The van der Waals surface area contributed by atoms with Crippen molar-refractivity contribution in [3.63, 3.8) is 0 Å². The van der Waals surface area contributed by atoms with Gasteiger partial charge in [0.15, 0.2) is 0 Å². The molecule has 24 heavy (non-hydrogen) atoms. The van der Waals surface area contributed by atoms with Crippen LogP contribution < -0.4 is 0 Å². The lowest BCUT2D eigenvalue weighted by atomic mass is 10.2. The number of rotatable bonds is 2. The van der Waals surface area contributed by atoms with Gasteiger partial charge < -0.3 is 9.80 Å². The number of carbonyl (C=O) groups excluding carboxylic acids is 2. The van der Waals surface area contributed by atoms with Crippen molar-refractivity contribution in [1.82, 2.24) is 14.8 Å². The van der Waals surface area contributed by atoms with Crippen molar-refractivity contribution >= 4 is 27.7 Å². The standard InChI is InChI=1S/C18H18BrN3O2/c19-16-4-2-14(3-5-16)17(23)21-10-1-11-22(13-12-21)18(24)15-6-8-20-9-7-15/h2-9H,1,10-13H2. The summed E-state index contributed by atoms with van der Waals surface area (Å²) in [6.45, 7) is 2.41. The molecular weight excluding hydrogens is 370 g/mol. The van der Waals surface area contributed by atoms with Gasteiger partial charge in [0.2, 0.25) is 0 Å². The number of carbonyl (C=O) groups is 2. The highest BCUT2D eigenvalue weighted by molar-refractivity contribution is 9.10. The van der Waals surface area contributed by atoms with Gasteiger partial charge in [0.1, 0.15) is 0 Å². The van der Waals surface area contributed by atoms with E-state index in [1.807, 2.05) is 34.1 Å². The number of amides is 2. The Hall–Kier alpha value is -2.21. The molecule has 0 saturated carbocycles. The molecule has 0 radical (unpaired) electrons. The van der Waals surface area contributed by atoms with Crippen LogP contribution in [0.15, 0.2) is 53.3 Å². The first-order valence-corrected chi connectivity index (χ1v) is 8.68. The van der Waals surface area contributed by atoms with Gasteiger partial charge in [0.05, 0.1) is 0 Å². The molecule has 1 fully saturated rings. The minimum atomic E-state index is -0.00431. The Morgan fingerprint density at radius 3 is 1.83 bits per heavy atom. The van der Waals surface area contributed by atoms with Crippen LogP contribution in [0.2, 0.25) is 0 Å². The lowest BCUT2D eigenvalue weighted by Gasteiger charge is -2.22. The second-order valence-electron chi connectivity index (χ2n) is 5.68. The minimum absolute atomic E-state index is 0.00431. The summed E-state index contributed by atoms with van der Waals surface area (Å²) in [6.07, 6.45) is 4.02. The van der Waals surface area contributed by atoms with Gasteiger partial charge >= 0.3 is 0 Å². The zero-order valence-electron chi connectivity index (χ0n) is 13.2. The zero-order chi connectivity index (χ0) is 16.9. The molecule has 1 aromatic carbocycles. The molecule has 2 aromatic rings. The van der Waals surface area contributed by atoms with E-state index in [1.54, 1.807) is 24.5 Å². The third-order valence-corrected chi connectivity index (χ3v) is 4.62. The molecule has 1 aliphatic rings. The molecule has 1 aliphatic heterocycles. The lowest BCUT2D eigenvalue weighted by molar-refractivity contribution is 0.0718. The van der Waals surface area contributed by atoms with E-state index in [0.29, 0.717) is 37.3 Å². The van der Waals surface area contributed by atoms with E-state index in [4.69, 9.17) is 0 Å².